The largest absolute Gasteiger partial charge is 0.478 e. The summed E-state index contributed by atoms with van der Waals surface area (Å²) in [5.74, 6) is -0.854. The number of hydrogen-bond acceptors (Lipinski definition) is 3. The number of carbonyl (C=O) groups is 1. The highest BCUT2D eigenvalue weighted by atomic mass is 19.3. The van der Waals surface area contributed by atoms with Crippen molar-refractivity contribution < 1.29 is 36.9 Å². The normalized spacial score (nSPS) is 12.3. The fourth-order valence-corrected chi connectivity index (χ4v) is 4.55. The van der Waals surface area contributed by atoms with E-state index in [9.17, 15) is 27.5 Å². The zero-order chi connectivity index (χ0) is 29.4. The average Bonchev–Trinajstić information content (AvgIpc) is 3.30. The molecule has 1 atom stereocenters. The summed E-state index contributed by atoms with van der Waals surface area (Å²) in [7, 11) is 0. The highest BCUT2D eigenvalue weighted by Gasteiger charge is 2.44. The first-order valence-electron chi connectivity index (χ1n) is 13.2. The number of benzene rings is 3. The molecule has 1 aromatic heterocycles. The predicted octanol–water partition coefficient (Wildman–Crippen LogP) is 7.14. The fraction of sp³-hybridized carbons (Fsp3) is 0.281. The van der Waals surface area contributed by atoms with Crippen LogP contribution in [0, 0.1) is 6.92 Å². The Labute approximate surface area is 236 Å². The molecule has 0 aliphatic heterocycles. The van der Waals surface area contributed by atoms with Gasteiger partial charge in [-0.2, -0.15) is 17.6 Å². The van der Waals surface area contributed by atoms with Gasteiger partial charge in [-0.1, -0.05) is 54.6 Å². The van der Waals surface area contributed by atoms with Crippen molar-refractivity contribution in [2.75, 3.05) is 0 Å². The number of carboxylic acids is 1. The minimum atomic E-state index is -4.55. The second kappa shape index (κ2) is 13.4. The van der Waals surface area contributed by atoms with Crippen LogP contribution in [0.3, 0.4) is 0 Å². The SMILES string of the molecule is Cc1ccc(CCc2cccc(OC(F)(F)C(F)F)c2)n1CCc1ccc(O[C@H](Cc2ccccc2)C(=O)O)cc1. The maximum absolute atomic E-state index is 13.3. The van der Waals surface area contributed by atoms with Gasteiger partial charge in [0.25, 0.3) is 0 Å². The molecule has 216 valence electrons. The first-order chi connectivity index (χ1) is 19.6. The molecule has 0 bridgehead atoms. The summed E-state index contributed by atoms with van der Waals surface area (Å²) >= 11 is 0. The van der Waals surface area contributed by atoms with E-state index >= 15 is 0 Å². The first kappa shape index (κ1) is 29.7. The van der Waals surface area contributed by atoms with E-state index in [4.69, 9.17) is 4.74 Å². The highest BCUT2D eigenvalue weighted by molar-refractivity contribution is 5.73. The van der Waals surface area contributed by atoms with E-state index in [0.29, 0.717) is 30.7 Å². The minimum Gasteiger partial charge on any atom is -0.478 e. The molecular formula is C32H31F4NO4. The Morgan fingerprint density at radius 3 is 2.22 bits per heavy atom. The molecule has 1 N–H and O–H groups in total. The maximum Gasteiger partial charge on any atom is 0.461 e. The van der Waals surface area contributed by atoms with E-state index in [1.54, 1.807) is 18.2 Å². The number of halogens is 4. The van der Waals surface area contributed by atoms with E-state index in [2.05, 4.69) is 9.30 Å². The predicted molar refractivity (Wildman–Crippen MR) is 147 cm³/mol. The van der Waals surface area contributed by atoms with Gasteiger partial charge in [-0.25, -0.2) is 4.79 Å². The second-order valence-electron chi connectivity index (χ2n) is 9.76. The van der Waals surface area contributed by atoms with Crippen LogP contribution in [0.1, 0.15) is 28.1 Å². The lowest BCUT2D eigenvalue weighted by molar-refractivity contribution is -0.253. The van der Waals surface area contributed by atoms with Gasteiger partial charge in [0, 0.05) is 24.4 Å². The maximum atomic E-state index is 13.3. The number of alkyl halides is 4. The lowest BCUT2D eigenvalue weighted by Crippen LogP contribution is -2.33. The van der Waals surface area contributed by atoms with Gasteiger partial charge in [0.05, 0.1) is 0 Å². The Morgan fingerprint density at radius 2 is 1.54 bits per heavy atom. The molecule has 3 aromatic carbocycles. The molecule has 0 saturated carbocycles. The highest BCUT2D eigenvalue weighted by Crippen LogP contribution is 2.28. The van der Waals surface area contributed by atoms with E-state index in [1.807, 2.05) is 61.5 Å². The lowest BCUT2D eigenvalue weighted by Gasteiger charge is -2.17. The molecule has 0 radical (unpaired) electrons. The van der Waals surface area contributed by atoms with Crippen molar-refractivity contribution in [3.05, 3.63) is 119 Å². The number of carboxylic acid groups (broad SMARTS) is 1. The number of aromatic nitrogens is 1. The summed E-state index contributed by atoms with van der Waals surface area (Å²) in [5.41, 5.74) is 4.75. The number of aliphatic carboxylic acids is 1. The second-order valence-corrected chi connectivity index (χ2v) is 9.76. The van der Waals surface area contributed by atoms with Gasteiger partial charge in [0.1, 0.15) is 11.5 Å². The Bertz CT molecular complexity index is 1420. The fourth-order valence-electron chi connectivity index (χ4n) is 4.55. The third kappa shape index (κ3) is 8.36. The molecule has 0 saturated heterocycles. The summed E-state index contributed by atoms with van der Waals surface area (Å²) < 4.78 is 63.7. The van der Waals surface area contributed by atoms with Gasteiger partial charge in [-0.15, -0.1) is 0 Å². The summed E-state index contributed by atoms with van der Waals surface area (Å²) in [4.78, 5) is 11.7. The van der Waals surface area contributed by atoms with E-state index in [0.717, 1.165) is 28.9 Å². The zero-order valence-electron chi connectivity index (χ0n) is 22.5. The molecule has 0 fully saturated rings. The first-order valence-corrected chi connectivity index (χ1v) is 13.2. The van der Waals surface area contributed by atoms with Crippen molar-refractivity contribution in [3.8, 4) is 11.5 Å². The van der Waals surface area contributed by atoms with Crippen molar-refractivity contribution in [3.63, 3.8) is 0 Å². The van der Waals surface area contributed by atoms with Crippen molar-refractivity contribution >= 4 is 5.97 Å². The third-order valence-electron chi connectivity index (χ3n) is 6.73. The van der Waals surface area contributed by atoms with Crippen LogP contribution in [-0.4, -0.2) is 34.3 Å². The molecule has 5 nitrogen and oxygen atoms in total. The van der Waals surface area contributed by atoms with Crippen LogP contribution in [-0.2, 0) is 37.0 Å². The minimum absolute atomic E-state index is 0.257. The number of ether oxygens (including phenoxy) is 2. The molecule has 0 spiro atoms. The van der Waals surface area contributed by atoms with Crippen molar-refractivity contribution in [2.45, 2.75) is 57.8 Å². The molecule has 4 rings (SSSR count). The van der Waals surface area contributed by atoms with Gasteiger partial charge in [-0.3, -0.25) is 0 Å². The van der Waals surface area contributed by atoms with E-state index < -0.39 is 24.6 Å². The number of hydrogen-bond donors (Lipinski definition) is 1. The van der Waals surface area contributed by atoms with Crippen molar-refractivity contribution in [2.24, 2.45) is 0 Å². The van der Waals surface area contributed by atoms with Crippen LogP contribution >= 0.6 is 0 Å². The van der Waals surface area contributed by atoms with Gasteiger partial charge >= 0.3 is 18.5 Å². The Kier molecular flexibility index (Phi) is 9.70. The monoisotopic (exact) mass is 569 g/mol. The Hall–Kier alpha value is -4.27. The topological polar surface area (TPSA) is 60.7 Å². The smallest absolute Gasteiger partial charge is 0.461 e. The molecule has 0 unspecified atom stereocenters. The zero-order valence-corrected chi connectivity index (χ0v) is 22.5. The summed E-state index contributed by atoms with van der Waals surface area (Å²) in [6, 6.07) is 26.5. The van der Waals surface area contributed by atoms with E-state index in [1.165, 1.54) is 18.2 Å². The number of aryl methyl sites for hydroxylation is 4. The van der Waals surface area contributed by atoms with Crippen LogP contribution in [0.5, 0.6) is 11.5 Å². The molecule has 4 aromatic rings. The Morgan fingerprint density at radius 1 is 0.829 bits per heavy atom. The molecule has 0 amide bonds. The molecular weight excluding hydrogens is 538 g/mol. The number of nitrogens with zero attached hydrogens (tertiary/aromatic N) is 1. The third-order valence-corrected chi connectivity index (χ3v) is 6.73. The van der Waals surface area contributed by atoms with Crippen molar-refractivity contribution in [1.82, 2.24) is 4.57 Å². The molecule has 9 heteroatoms. The van der Waals surface area contributed by atoms with Gasteiger partial charge in [0.2, 0.25) is 0 Å². The van der Waals surface area contributed by atoms with Crippen LogP contribution in [0.15, 0.2) is 91.0 Å². The van der Waals surface area contributed by atoms with Crippen LogP contribution < -0.4 is 9.47 Å². The van der Waals surface area contributed by atoms with Gasteiger partial charge in [0.15, 0.2) is 6.10 Å². The number of rotatable bonds is 14. The summed E-state index contributed by atoms with van der Waals surface area (Å²) in [5, 5.41) is 9.60. The Balaban J connectivity index is 1.33. The van der Waals surface area contributed by atoms with Crippen molar-refractivity contribution in [1.29, 1.82) is 0 Å². The van der Waals surface area contributed by atoms with Gasteiger partial charge in [-0.05, 0) is 79.3 Å². The molecule has 41 heavy (non-hydrogen) atoms. The molecule has 0 aliphatic carbocycles. The van der Waals surface area contributed by atoms with E-state index in [-0.39, 0.29) is 12.2 Å². The average molecular weight is 570 g/mol. The van der Waals surface area contributed by atoms with Crippen LogP contribution in [0.4, 0.5) is 17.6 Å². The summed E-state index contributed by atoms with van der Waals surface area (Å²) in [6.45, 7) is 2.70. The molecule has 0 aliphatic rings. The molecule has 1 heterocycles. The lowest BCUT2D eigenvalue weighted by atomic mass is 10.1. The standard InChI is InChI=1S/C32H31F4NO4/c1-22-10-14-26(15-11-25-8-5-9-28(20-25)41-32(35,36)31(33)34)37(22)19-18-23-12-16-27(17-13-23)40-29(30(38)39)21-24-6-3-2-4-7-24/h2-10,12-14,16-17,20,29,31H,11,15,18-19,21H2,1H3,(H,38,39)/t29-/m1/s1. The van der Waals surface area contributed by atoms with Crippen LogP contribution in [0.25, 0.3) is 0 Å². The quantitative estimate of drug-likeness (QED) is 0.164. The van der Waals surface area contributed by atoms with Crippen LogP contribution in [0.2, 0.25) is 0 Å². The van der Waals surface area contributed by atoms with Gasteiger partial charge < -0.3 is 19.1 Å². The summed E-state index contributed by atoms with van der Waals surface area (Å²) in [6.07, 6.45) is -7.35.